The van der Waals surface area contributed by atoms with Crippen LogP contribution in [0.2, 0.25) is 0 Å². The first-order chi connectivity index (χ1) is 12.0. The van der Waals surface area contributed by atoms with Crippen molar-refractivity contribution in [3.63, 3.8) is 0 Å². The van der Waals surface area contributed by atoms with Gasteiger partial charge in [-0.05, 0) is 34.5 Å². The minimum absolute atomic E-state index is 0.131. The molecule has 1 aliphatic rings. The molecule has 1 aliphatic heterocycles. The summed E-state index contributed by atoms with van der Waals surface area (Å²) in [6, 6.07) is 6.20. The number of esters is 1. The van der Waals surface area contributed by atoms with E-state index in [2.05, 4.69) is 28.2 Å². The lowest BCUT2D eigenvalue weighted by molar-refractivity contribution is -0.147. The number of rotatable bonds is 7. The number of halogens is 1. The fourth-order valence-corrected chi connectivity index (χ4v) is 3.16. The first-order valence-corrected chi connectivity index (χ1v) is 9.32. The number of nitrogens with one attached hydrogen (secondary N) is 1. The molecule has 0 bridgehead atoms. The van der Waals surface area contributed by atoms with Crippen LogP contribution < -0.4 is 5.32 Å². The molecule has 1 aromatic rings. The lowest BCUT2D eigenvalue weighted by atomic mass is 10.1. The van der Waals surface area contributed by atoms with Crippen LogP contribution in [0.3, 0.4) is 0 Å². The van der Waals surface area contributed by atoms with Crippen molar-refractivity contribution in [2.24, 2.45) is 0 Å². The summed E-state index contributed by atoms with van der Waals surface area (Å²) in [5.74, 6) is -1.05. The van der Waals surface area contributed by atoms with Crippen molar-refractivity contribution in [3.8, 4) is 0 Å². The normalized spacial score (nSPS) is 17.1. The molecule has 1 saturated heterocycles. The van der Waals surface area contributed by atoms with Crippen LogP contribution in [0.4, 0.5) is 0 Å². The fourth-order valence-electron chi connectivity index (χ4n) is 2.70. The van der Waals surface area contributed by atoms with Gasteiger partial charge in [0.2, 0.25) is 5.91 Å². The average molecular weight is 411 g/mol. The molecule has 1 fully saturated rings. The molecule has 136 valence electrons. The second-order valence-electron chi connectivity index (χ2n) is 5.92. The third kappa shape index (κ3) is 5.29. The monoisotopic (exact) mass is 410 g/mol. The van der Waals surface area contributed by atoms with Crippen molar-refractivity contribution in [2.45, 2.75) is 38.6 Å². The molecule has 6 nitrogen and oxygen atoms in total. The molecule has 25 heavy (non-hydrogen) atoms. The Morgan fingerprint density at radius 2 is 2.08 bits per heavy atom. The smallest absolute Gasteiger partial charge is 0.308 e. The van der Waals surface area contributed by atoms with E-state index in [4.69, 9.17) is 4.74 Å². The molecule has 2 amide bonds. The summed E-state index contributed by atoms with van der Waals surface area (Å²) in [5.41, 5.74) is 0.471. The van der Waals surface area contributed by atoms with Gasteiger partial charge in [0, 0.05) is 17.6 Å². The Bertz CT molecular complexity index is 635. The van der Waals surface area contributed by atoms with E-state index in [1.54, 1.807) is 18.2 Å². The number of unbranched alkanes of at least 4 members (excludes halogenated alkanes) is 2. The number of amides is 2. The van der Waals surface area contributed by atoms with E-state index in [9.17, 15) is 14.4 Å². The lowest BCUT2D eigenvalue weighted by Gasteiger charge is -2.34. The van der Waals surface area contributed by atoms with Gasteiger partial charge in [0.25, 0.3) is 5.91 Å². The number of nitrogens with zero attached hydrogens (tertiary/aromatic N) is 1. The highest BCUT2D eigenvalue weighted by Gasteiger charge is 2.36. The predicted molar refractivity (Wildman–Crippen MR) is 97.1 cm³/mol. The average Bonchev–Trinajstić information content (AvgIpc) is 2.60. The highest BCUT2D eigenvalue weighted by Crippen LogP contribution is 2.21. The van der Waals surface area contributed by atoms with Crippen LogP contribution >= 0.6 is 15.9 Å². The summed E-state index contributed by atoms with van der Waals surface area (Å²) in [4.78, 5) is 38.5. The number of piperazine rings is 1. The molecule has 0 aromatic heterocycles. The van der Waals surface area contributed by atoms with Gasteiger partial charge in [-0.1, -0.05) is 31.9 Å². The molecular weight excluding hydrogens is 388 g/mol. The van der Waals surface area contributed by atoms with Crippen LogP contribution in [0.5, 0.6) is 0 Å². The van der Waals surface area contributed by atoms with Gasteiger partial charge in [-0.2, -0.15) is 0 Å². The summed E-state index contributed by atoms with van der Waals surface area (Å²) in [5, 5.41) is 2.71. The molecule has 1 N–H and O–H groups in total. The summed E-state index contributed by atoms with van der Waals surface area (Å²) in [6.45, 7) is 3.15. The molecule has 2 rings (SSSR count). The first kappa shape index (κ1) is 19.4. The molecule has 7 heteroatoms. The van der Waals surface area contributed by atoms with Gasteiger partial charge in [-0.3, -0.25) is 14.4 Å². The highest BCUT2D eigenvalue weighted by molar-refractivity contribution is 9.10. The first-order valence-electron chi connectivity index (χ1n) is 8.53. The molecule has 0 radical (unpaired) electrons. The zero-order valence-corrected chi connectivity index (χ0v) is 15.9. The lowest BCUT2D eigenvalue weighted by Crippen LogP contribution is -2.57. The Morgan fingerprint density at radius 1 is 1.32 bits per heavy atom. The summed E-state index contributed by atoms with van der Waals surface area (Å²) in [7, 11) is 0. The Morgan fingerprint density at radius 3 is 2.80 bits per heavy atom. The second-order valence-corrected chi connectivity index (χ2v) is 6.77. The second kappa shape index (κ2) is 9.56. The number of carbonyl (C=O) groups excluding carboxylic acids is 3. The minimum atomic E-state index is -0.841. The highest BCUT2D eigenvalue weighted by atomic mass is 79.9. The zero-order chi connectivity index (χ0) is 18.2. The Balaban J connectivity index is 2.05. The zero-order valence-electron chi connectivity index (χ0n) is 14.3. The van der Waals surface area contributed by atoms with Crippen molar-refractivity contribution in [3.05, 3.63) is 34.3 Å². The summed E-state index contributed by atoms with van der Waals surface area (Å²) >= 11 is 3.36. The molecule has 1 unspecified atom stereocenters. The van der Waals surface area contributed by atoms with E-state index >= 15 is 0 Å². The summed E-state index contributed by atoms with van der Waals surface area (Å²) < 4.78 is 5.85. The van der Waals surface area contributed by atoms with E-state index in [-0.39, 0.29) is 18.2 Å². The van der Waals surface area contributed by atoms with Crippen molar-refractivity contribution < 1.29 is 19.1 Å². The molecule has 0 saturated carbocycles. The Hall–Kier alpha value is -1.89. The van der Waals surface area contributed by atoms with Gasteiger partial charge in [-0.15, -0.1) is 0 Å². The maximum Gasteiger partial charge on any atom is 0.308 e. The standard InChI is InChI=1S/C18H23BrN2O4/c1-2-3-6-11-25-16(22)12-15-17(23)20-9-10-21(15)18(24)13-7-4-5-8-14(13)19/h4-5,7-8,15H,2-3,6,9-12H2,1H3,(H,20,23). The van der Waals surface area contributed by atoms with Gasteiger partial charge >= 0.3 is 5.97 Å². The van der Waals surface area contributed by atoms with Gasteiger partial charge in [0.1, 0.15) is 6.04 Å². The van der Waals surface area contributed by atoms with Crippen molar-refractivity contribution >= 4 is 33.7 Å². The molecule has 0 aliphatic carbocycles. The predicted octanol–water partition coefficient (Wildman–Crippen LogP) is 2.51. The largest absolute Gasteiger partial charge is 0.466 e. The molecule has 1 atom stereocenters. The number of benzene rings is 1. The quantitative estimate of drug-likeness (QED) is 0.553. The minimum Gasteiger partial charge on any atom is -0.466 e. The number of carbonyl (C=O) groups is 3. The fraction of sp³-hybridized carbons (Fsp3) is 0.500. The van der Waals surface area contributed by atoms with Gasteiger partial charge in [0.15, 0.2) is 0 Å². The Labute approximate surface area is 156 Å². The van der Waals surface area contributed by atoms with E-state index in [0.717, 1.165) is 19.3 Å². The molecule has 1 aromatic carbocycles. The van der Waals surface area contributed by atoms with Crippen LogP contribution in [-0.4, -0.2) is 48.4 Å². The van der Waals surface area contributed by atoms with Gasteiger partial charge < -0.3 is 15.0 Å². The van der Waals surface area contributed by atoms with E-state index in [1.807, 2.05) is 6.07 Å². The number of ether oxygens (including phenoxy) is 1. The van der Waals surface area contributed by atoms with Crippen LogP contribution in [0.1, 0.15) is 43.0 Å². The number of hydrogen-bond donors (Lipinski definition) is 1. The maximum atomic E-state index is 12.8. The van der Waals surface area contributed by atoms with Crippen LogP contribution in [0.15, 0.2) is 28.7 Å². The van der Waals surface area contributed by atoms with Crippen molar-refractivity contribution in [1.29, 1.82) is 0 Å². The molecule has 0 spiro atoms. The third-order valence-electron chi connectivity index (χ3n) is 4.07. The van der Waals surface area contributed by atoms with Crippen molar-refractivity contribution in [2.75, 3.05) is 19.7 Å². The SMILES string of the molecule is CCCCCOC(=O)CC1C(=O)NCCN1C(=O)c1ccccc1Br. The summed E-state index contributed by atoms with van der Waals surface area (Å²) in [6.07, 6.45) is 2.70. The van der Waals surface area contributed by atoms with Crippen LogP contribution in [0, 0.1) is 0 Å². The van der Waals surface area contributed by atoms with Gasteiger partial charge in [-0.25, -0.2) is 0 Å². The number of hydrogen-bond acceptors (Lipinski definition) is 4. The Kier molecular flexibility index (Phi) is 7.43. The van der Waals surface area contributed by atoms with E-state index < -0.39 is 12.0 Å². The molecular formula is C18H23BrN2O4. The maximum absolute atomic E-state index is 12.8. The van der Waals surface area contributed by atoms with E-state index in [1.165, 1.54) is 4.90 Å². The molecule has 1 heterocycles. The van der Waals surface area contributed by atoms with Crippen LogP contribution in [-0.2, 0) is 14.3 Å². The van der Waals surface area contributed by atoms with Crippen LogP contribution in [0.25, 0.3) is 0 Å². The third-order valence-corrected chi connectivity index (χ3v) is 4.76. The van der Waals surface area contributed by atoms with Gasteiger partial charge in [0.05, 0.1) is 18.6 Å². The van der Waals surface area contributed by atoms with Crippen molar-refractivity contribution in [1.82, 2.24) is 10.2 Å². The topological polar surface area (TPSA) is 75.7 Å². The van der Waals surface area contributed by atoms with E-state index in [0.29, 0.717) is 29.7 Å².